The number of anilines is 1. The molecule has 0 aliphatic carbocycles. The maximum Gasteiger partial charge on any atom is 0.301 e. The molecule has 0 aliphatic heterocycles. The van der Waals surface area contributed by atoms with Gasteiger partial charge < -0.3 is 4.74 Å². The summed E-state index contributed by atoms with van der Waals surface area (Å²) in [5.74, 6) is 0.734. The Hall–Kier alpha value is -2.52. The fourth-order valence-corrected chi connectivity index (χ4v) is 4.84. The second kappa shape index (κ2) is 10.9. The lowest BCUT2D eigenvalue weighted by Crippen LogP contribution is -2.01. The van der Waals surface area contributed by atoms with Crippen molar-refractivity contribution in [1.82, 2.24) is 0 Å². The summed E-state index contributed by atoms with van der Waals surface area (Å²) < 4.78 is 7.68. The predicted octanol–water partition coefficient (Wildman–Crippen LogP) is 6.39. The van der Waals surface area contributed by atoms with Crippen molar-refractivity contribution in [3.05, 3.63) is 98.1 Å². The van der Waals surface area contributed by atoms with Crippen molar-refractivity contribution in [2.45, 2.75) is 6.61 Å². The highest BCUT2D eigenvalue weighted by Crippen LogP contribution is 2.30. The first-order valence-corrected chi connectivity index (χ1v) is 11.4. The first kappa shape index (κ1) is 24.1. The third kappa shape index (κ3) is 6.26. The zero-order valence-corrected chi connectivity index (χ0v) is 21.1. The summed E-state index contributed by atoms with van der Waals surface area (Å²) in [5, 5.41) is 26.7. The van der Waals surface area contributed by atoms with Crippen LogP contribution in [-0.4, -0.2) is 16.1 Å². The van der Waals surface area contributed by atoms with Crippen molar-refractivity contribution in [3.8, 4) is 5.75 Å². The van der Waals surface area contributed by atoms with E-state index in [4.69, 9.17) is 16.3 Å². The summed E-state index contributed by atoms with van der Waals surface area (Å²) >= 11 is 10.2. The first-order valence-electron chi connectivity index (χ1n) is 8.83. The standard InChI is InChI=1S/C20H13ClI2N4O5/c21-14-3-1-12(2-4-14)11-32-20-16(22)7-13(8-17(20)23)10-24-25-18-6-5-15(26(28)29)9-19(18)27(30)31/h1-10,25H,11H2/b24-10+. The van der Waals surface area contributed by atoms with Crippen LogP contribution in [0.15, 0.2) is 59.7 Å². The van der Waals surface area contributed by atoms with E-state index in [0.29, 0.717) is 11.6 Å². The monoisotopic (exact) mass is 678 g/mol. The molecule has 1 N–H and O–H groups in total. The topological polar surface area (TPSA) is 120 Å². The van der Waals surface area contributed by atoms with Crippen LogP contribution in [0.4, 0.5) is 17.1 Å². The lowest BCUT2D eigenvalue weighted by molar-refractivity contribution is -0.393. The molecule has 9 nitrogen and oxygen atoms in total. The maximum absolute atomic E-state index is 11.2. The molecule has 3 aromatic carbocycles. The van der Waals surface area contributed by atoms with Crippen LogP contribution in [0.3, 0.4) is 0 Å². The van der Waals surface area contributed by atoms with E-state index in [2.05, 4.69) is 55.7 Å². The van der Waals surface area contributed by atoms with Gasteiger partial charge in [-0.1, -0.05) is 23.7 Å². The zero-order chi connectivity index (χ0) is 23.3. The molecule has 0 radical (unpaired) electrons. The summed E-state index contributed by atoms with van der Waals surface area (Å²) in [7, 11) is 0. The molecule has 0 fully saturated rings. The Balaban J connectivity index is 1.72. The molecule has 0 aromatic heterocycles. The van der Waals surface area contributed by atoms with E-state index in [1.54, 1.807) is 12.1 Å². The molecule has 0 saturated heterocycles. The molecular formula is C20H13ClI2N4O5. The molecule has 0 heterocycles. The summed E-state index contributed by atoms with van der Waals surface area (Å²) in [4.78, 5) is 20.6. The lowest BCUT2D eigenvalue weighted by Gasteiger charge is -2.11. The average Bonchev–Trinajstić information content (AvgIpc) is 2.74. The quantitative estimate of drug-likeness (QED) is 0.128. The third-order valence-electron chi connectivity index (χ3n) is 4.10. The summed E-state index contributed by atoms with van der Waals surface area (Å²) in [6, 6.07) is 14.4. The van der Waals surface area contributed by atoms with E-state index in [-0.39, 0.29) is 11.4 Å². The van der Waals surface area contributed by atoms with Crippen LogP contribution >= 0.6 is 56.8 Å². The van der Waals surface area contributed by atoms with Gasteiger partial charge in [0.15, 0.2) is 0 Å². The molecule has 0 unspecified atom stereocenters. The Bertz CT molecular complexity index is 1180. The van der Waals surface area contributed by atoms with Crippen molar-refractivity contribution >= 4 is 80.1 Å². The molecule has 32 heavy (non-hydrogen) atoms. The van der Waals surface area contributed by atoms with Gasteiger partial charge in [-0.3, -0.25) is 25.7 Å². The molecule has 0 aliphatic rings. The van der Waals surface area contributed by atoms with Crippen LogP contribution in [0.25, 0.3) is 0 Å². The highest BCUT2D eigenvalue weighted by Gasteiger charge is 2.19. The molecule has 0 bridgehead atoms. The smallest absolute Gasteiger partial charge is 0.301 e. The van der Waals surface area contributed by atoms with Gasteiger partial charge in [0.25, 0.3) is 5.69 Å². The number of rotatable bonds is 8. The minimum atomic E-state index is -0.705. The van der Waals surface area contributed by atoms with Crippen molar-refractivity contribution in [2.75, 3.05) is 5.43 Å². The normalized spacial score (nSPS) is 10.8. The Morgan fingerprint density at radius 2 is 1.66 bits per heavy atom. The minimum absolute atomic E-state index is 0.0455. The van der Waals surface area contributed by atoms with E-state index in [1.165, 1.54) is 18.3 Å². The highest BCUT2D eigenvalue weighted by atomic mass is 127. The molecular weight excluding hydrogens is 666 g/mol. The highest BCUT2D eigenvalue weighted by molar-refractivity contribution is 14.1. The predicted molar refractivity (Wildman–Crippen MR) is 139 cm³/mol. The fourth-order valence-electron chi connectivity index (χ4n) is 2.58. The molecule has 164 valence electrons. The first-order chi connectivity index (χ1) is 15.2. The van der Waals surface area contributed by atoms with Gasteiger partial charge in [-0.2, -0.15) is 5.10 Å². The number of nitrogens with zero attached hydrogens (tertiary/aromatic N) is 3. The summed E-state index contributed by atoms with van der Waals surface area (Å²) in [6.07, 6.45) is 1.50. The maximum atomic E-state index is 11.2. The van der Waals surface area contributed by atoms with Gasteiger partial charge in [0.1, 0.15) is 18.0 Å². The van der Waals surface area contributed by atoms with Gasteiger partial charge >= 0.3 is 5.69 Å². The zero-order valence-electron chi connectivity index (χ0n) is 16.0. The Morgan fingerprint density at radius 3 is 2.25 bits per heavy atom. The van der Waals surface area contributed by atoms with Gasteiger partial charge in [0.2, 0.25) is 0 Å². The third-order valence-corrected chi connectivity index (χ3v) is 5.96. The van der Waals surface area contributed by atoms with Crippen molar-refractivity contribution in [1.29, 1.82) is 0 Å². The van der Waals surface area contributed by atoms with E-state index < -0.39 is 15.5 Å². The van der Waals surface area contributed by atoms with E-state index in [1.807, 2.05) is 24.3 Å². The van der Waals surface area contributed by atoms with Crippen LogP contribution in [0.5, 0.6) is 5.75 Å². The number of nitro benzene ring substituents is 2. The Morgan fingerprint density at radius 1 is 1.00 bits per heavy atom. The number of benzene rings is 3. The number of ether oxygens (including phenoxy) is 1. The molecule has 0 spiro atoms. The van der Waals surface area contributed by atoms with Gasteiger partial charge in [-0.15, -0.1) is 0 Å². The number of nitro groups is 2. The number of non-ortho nitro benzene ring substituents is 1. The summed E-state index contributed by atoms with van der Waals surface area (Å²) in [5.41, 5.74) is 3.54. The SMILES string of the molecule is O=[N+]([O-])c1ccc(N/N=C/c2cc(I)c(OCc3ccc(Cl)cc3)c(I)c2)c([N+](=O)[O-])c1. The molecule has 3 aromatic rings. The van der Waals surface area contributed by atoms with Crippen LogP contribution in [-0.2, 0) is 6.61 Å². The van der Waals surface area contributed by atoms with Gasteiger partial charge in [0, 0.05) is 11.1 Å². The largest absolute Gasteiger partial charge is 0.487 e. The second-order valence-electron chi connectivity index (χ2n) is 6.31. The van der Waals surface area contributed by atoms with Crippen molar-refractivity contribution in [3.63, 3.8) is 0 Å². The van der Waals surface area contributed by atoms with Crippen LogP contribution in [0.1, 0.15) is 11.1 Å². The number of hydrogen-bond acceptors (Lipinski definition) is 7. The molecule has 0 atom stereocenters. The van der Waals surface area contributed by atoms with Gasteiger partial charge in [0.05, 0.1) is 29.3 Å². The van der Waals surface area contributed by atoms with E-state index in [9.17, 15) is 20.2 Å². The number of halogens is 3. The average molecular weight is 679 g/mol. The molecule has 3 rings (SSSR count). The Labute approximate surface area is 214 Å². The van der Waals surface area contributed by atoms with Crippen molar-refractivity contribution < 1.29 is 14.6 Å². The number of hydrazone groups is 1. The Kier molecular flexibility index (Phi) is 8.20. The van der Waals surface area contributed by atoms with Crippen LogP contribution in [0.2, 0.25) is 5.02 Å². The van der Waals surface area contributed by atoms with Gasteiger partial charge in [-0.25, -0.2) is 0 Å². The molecule has 0 saturated carbocycles. The minimum Gasteiger partial charge on any atom is -0.487 e. The second-order valence-corrected chi connectivity index (χ2v) is 9.08. The van der Waals surface area contributed by atoms with Crippen LogP contribution in [0, 0.1) is 27.4 Å². The fraction of sp³-hybridized carbons (Fsp3) is 0.0500. The molecule has 0 amide bonds. The van der Waals surface area contributed by atoms with E-state index >= 15 is 0 Å². The number of nitrogens with one attached hydrogen (secondary N) is 1. The summed E-state index contributed by atoms with van der Waals surface area (Å²) in [6.45, 7) is 0.391. The number of hydrogen-bond donors (Lipinski definition) is 1. The van der Waals surface area contributed by atoms with Crippen molar-refractivity contribution in [2.24, 2.45) is 5.10 Å². The molecule has 12 heteroatoms. The lowest BCUT2D eigenvalue weighted by atomic mass is 10.2. The van der Waals surface area contributed by atoms with E-state index in [0.717, 1.165) is 30.1 Å². The van der Waals surface area contributed by atoms with Gasteiger partial charge in [-0.05, 0) is 86.6 Å². The van der Waals surface area contributed by atoms with Crippen LogP contribution < -0.4 is 10.2 Å².